The second kappa shape index (κ2) is 9.20. The number of rotatable bonds is 8. The van der Waals surface area contributed by atoms with Crippen LogP contribution in [-0.4, -0.2) is 29.5 Å². The number of hydrogen-bond acceptors (Lipinski definition) is 5. The fourth-order valence-electron chi connectivity index (χ4n) is 3.12. The van der Waals surface area contributed by atoms with E-state index in [1.54, 1.807) is 30.3 Å². The third-order valence-corrected chi connectivity index (χ3v) is 4.71. The van der Waals surface area contributed by atoms with Crippen molar-refractivity contribution < 1.29 is 27.5 Å². The number of aliphatic hydroxyl groups excluding tert-OH is 1. The van der Waals surface area contributed by atoms with E-state index in [9.17, 15) is 18.3 Å². The molecule has 4 rings (SSSR count). The highest BCUT2D eigenvalue weighted by atomic mass is 19.1. The van der Waals surface area contributed by atoms with Gasteiger partial charge in [0.15, 0.2) is 5.58 Å². The Kier molecular flexibility index (Phi) is 6.20. The van der Waals surface area contributed by atoms with E-state index in [1.165, 1.54) is 24.3 Å². The van der Waals surface area contributed by atoms with Crippen molar-refractivity contribution in [3.05, 3.63) is 83.7 Å². The molecular weight excluding hydrogens is 409 g/mol. The minimum atomic E-state index is -0.822. The zero-order chi connectivity index (χ0) is 21.8. The van der Waals surface area contributed by atoms with Gasteiger partial charge in [-0.2, -0.15) is 0 Å². The van der Waals surface area contributed by atoms with Crippen molar-refractivity contribution in [2.24, 2.45) is 0 Å². The molecule has 5 nitrogen and oxygen atoms in total. The molecule has 2 N–H and O–H groups in total. The Hall–Kier alpha value is -3.36. The molecule has 0 unspecified atom stereocenters. The van der Waals surface area contributed by atoms with Crippen LogP contribution in [0.25, 0.3) is 22.2 Å². The number of aromatic nitrogens is 1. The number of ether oxygens (including phenoxy) is 1. The van der Waals surface area contributed by atoms with Crippen LogP contribution in [0.4, 0.5) is 13.2 Å². The van der Waals surface area contributed by atoms with Gasteiger partial charge in [0.05, 0.1) is 0 Å². The van der Waals surface area contributed by atoms with E-state index in [0.717, 1.165) is 11.6 Å². The molecule has 1 heterocycles. The van der Waals surface area contributed by atoms with Crippen molar-refractivity contribution >= 4 is 11.0 Å². The molecule has 8 heteroatoms. The molecule has 160 valence electrons. The standard InChI is InChI=1S/C23H19F3N2O3/c24-16-4-1-15(21(26)9-16)11-27-12-18(29)13-30-19-6-2-14(3-7-19)23-20-8-5-17(25)10-22(20)31-28-23/h1-10,18,27,29H,11-13H2/t18-/m1/s1. The minimum Gasteiger partial charge on any atom is -0.491 e. The number of nitrogens with zero attached hydrogens (tertiary/aromatic N) is 1. The van der Waals surface area contributed by atoms with Crippen molar-refractivity contribution in [3.8, 4) is 17.0 Å². The van der Waals surface area contributed by atoms with E-state index in [4.69, 9.17) is 9.26 Å². The second-order valence-electron chi connectivity index (χ2n) is 7.03. The van der Waals surface area contributed by atoms with Crippen LogP contribution in [0, 0.1) is 17.5 Å². The Morgan fingerprint density at radius 1 is 0.968 bits per heavy atom. The van der Waals surface area contributed by atoms with E-state index >= 15 is 0 Å². The third kappa shape index (κ3) is 5.04. The van der Waals surface area contributed by atoms with Gasteiger partial charge in [-0.25, -0.2) is 13.2 Å². The molecule has 1 aromatic heterocycles. The summed E-state index contributed by atoms with van der Waals surface area (Å²) in [6, 6.07) is 14.6. The predicted molar refractivity (Wildman–Crippen MR) is 109 cm³/mol. The van der Waals surface area contributed by atoms with Crippen LogP contribution in [0.2, 0.25) is 0 Å². The Morgan fingerprint density at radius 3 is 2.48 bits per heavy atom. The number of fused-ring (bicyclic) bond motifs is 1. The Bertz CT molecular complexity index is 1180. The summed E-state index contributed by atoms with van der Waals surface area (Å²) in [5.41, 5.74) is 2.06. The average molecular weight is 428 g/mol. The molecule has 3 aromatic carbocycles. The summed E-state index contributed by atoms with van der Waals surface area (Å²) < 4.78 is 50.5. The highest BCUT2D eigenvalue weighted by Crippen LogP contribution is 2.29. The molecule has 0 aliphatic carbocycles. The Morgan fingerprint density at radius 2 is 1.71 bits per heavy atom. The number of halogens is 3. The van der Waals surface area contributed by atoms with E-state index < -0.39 is 23.6 Å². The molecule has 0 amide bonds. The maximum atomic E-state index is 13.6. The number of aliphatic hydroxyl groups is 1. The first-order valence-corrected chi connectivity index (χ1v) is 9.60. The minimum absolute atomic E-state index is 0.0322. The lowest BCUT2D eigenvalue weighted by atomic mass is 10.1. The topological polar surface area (TPSA) is 67.5 Å². The van der Waals surface area contributed by atoms with E-state index in [2.05, 4.69) is 10.5 Å². The molecule has 0 bridgehead atoms. The van der Waals surface area contributed by atoms with E-state index in [-0.39, 0.29) is 19.7 Å². The zero-order valence-electron chi connectivity index (χ0n) is 16.3. The maximum absolute atomic E-state index is 13.6. The molecule has 0 fully saturated rings. The predicted octanol–water partition coefficient (Wildman–Crippen LogP) is 4.44. The fraction of sp³-hybridized carbons (Fsp3) is 0.174. The van der Waals surface area contributed by atoms with Crippen LogP contribution in [0.3, 0.4) is 0 Å². The molecule has 0 saturated carbocycles. The molecule has 0 saturated heterocycles. The van der Waals surface area contributed by atoms with Crippen LogP contribution < -0.4 is 10.1 Å². The summed E-state index contributed by atoms with van der Waals surface area (Å²) in [6.45, 7) is 0.369. The summed E-state index contributed by atoms with van der Waals surface area (Å²) in [4.78, 5) is 0. The van der Waals surface area contributed by atoms with Crippen molar-refractivity contribution in [1.29, 1.82) is 0 Å². The Balaban J connectivity index is 1.28. The zero-order valence-corrected chi connectivity index (χ0v) is 16.3. The maximum Gasteiger partial charge on any atom is 0.170 e. The molecule has 0 spiro atoms. The van der Waals surface area contributed by atoms with Crippen LogP contribution in [0.15, 0.2) is 65.2 Å². The van der Waals surface area contributed by atoms with Gasteiger partial charge < -0.3 is 19.7 Å². The SMILES string of the molecule is O[C@H](CNCc1ccc(F)cc1F)COc1ccc(-c2noc3cc(F)ccc23)cc1. The van der Waals surface area contributed by atoms with Gasteiger partial charge in [-0.05, 0) is 42.5 Å². The number of hydrogen-bond donors (Lipinski definition) is 2. The van der Waals surface area contributed by atoms with Crippen molar-refractivity contribution in [2.45, 2.75) is 12.6 Å². The van der Waals surface area contributed by atoms with Crippen molar-refractivity contribution in [2.75, 3.05) is 13.2 Å². The van der Waals surface area contributed by atoms with E-state index in [1.807, 2.05) is 0 Å². The van der Waals surface area contributed by atoms with Crippen molar-refractivity contribution in [1.82, 2.24) is 10.5 Å². The van der Waals surface area contributed by atoms with Gasteiger partial charge in [-0.15, -0.1) is 0 Å². The Labute approximate surface area is 176 Å². The molecule has 0 aliphatic rings. The summed E-state index contributed by atoms with van der Waals surface area (Å²) in [6.07, 6.45) is -0.822. The molecule has 4 aromatic rings. The smallest absolute Gasteiger partial charge is 0.170 e. The largest absolute Gasteiger partial charge is 0.491 e. The highest BCUT2D eigenvalue weighted by molar-refractivity contribution is 5.91. The van der Waals surface area contributed by atoms with Crippen LogP contribution in [-0.2, 0) is 6.54 Å². The first-order valence-electron chi connectivity index (χ1n) is 9.60. The fourth-order valence-corrected chi connectivity index (χ4v) is 3.12. The van der Waals surface area contributed by atoms with Crippen LogP contribution in [0.5, 0.6) is 5.75 Å². The normalized spacial score (nSPS) is 12.3. The van der Waals surface area contributed by atoms with Gasteiger partial charge >= 0.3 is 0 Å². The molecular formula is C23H19F3N2O3. The first-order chi connectivity index (χ1) is 15.0. The lowest BCUT2D eigenvalue weighted by Crippen LogP contribution is -2.31. The van der Waals surface area contributed by atoms with Crippen LogP contribution >= 0.6 is 0 Å². The lowest BCUT2D eigenvalue weighted by Gasteiger charge is -2.14. The number of nitrogens with one attached hydrogen (secondary N) is 1. The quantitative estimate of drug-likeness (QED) is 0.434. The summed E-state index contributed by atoms with van der Waals surface area (Å²) in [5, 5.41) is 17.7. The first kappa shape index (κ1) is 20.9. The molecule has 0 aliphatic heterocycles. The molecule has 1 atom stereocenters. The highest BCUT2D eigenvalue weighted by Gasteiger charge is 2.12. The third-order valence-electron chi connectivity index (χ3n) is 4.71. The summed E-state index contributed by atoms with van der Waals surface area (Å²) in [7, 11) is 0. The van der Waals surface area contributed by atoms with Gasteiger partial charge in [0.1, 0.15) is 41.6 Å². The van der Waals surface area contributed by atoms with Gasteiger partial charge in [-0.3, -0.25) is 0 Å². The van der Waals surface area contributed by atoms with E-state index in [0.29, 0.717) is 28.0 Å². The summed E-state index contributed by atoms with van der Waals surface area (Å²) in [5.74, 6) is -1.12. The van der Waals surface area contributed by atoms with Gasteiger partial charge in [0.2, 0.25) is 0 Å². The number of benzene rings is 3. The average Bonchev–Trinajstić information content (AvgIpc) is 3.17. The van der Waals surface area contributed by atoms with Crippen molar-refractivity contribution in [3.63, 3.8) is 0 Å². The summed E-state index contributed by atoms with van der Waals surface area (Å²) >= 11 is 0. The molecule has 31 heavy (non-hydrogen) atoms. The van der Waals surface area contributed by atoms with Gasteiger partial charge in [0, 0.05) is 41.7 Å². The lowest BCUT2D eigenvalue weighted by molar-refractivity contribution is 0.106. The van der Waals surface area contributed by atoms with Crippen LogP contribution in [0.1, 0.15) is 5.56 Å². The van der Waals surface area contributed by atoms with Gasteiger partial charge in [0.25, 0.3) is 0 Å². The monoisotopic (exact) mass is 428 g/mol. The molecule has 0 radical (unpaired) electrons. The van der Waals surface area contributed by atoms with Gasteiger partial charge in [-0.1, -0.05) is 11.2 Å². The second-order valence-corrected chi connectivity index (χ2v) is 7.03.